The normalized spacial score (nSPS) is 15.4. The van der Waals surface area contributed by atoms with E-state index in [1.165, 1.54) is 29.1 Å². The number of esters is 1. The number of furan rings is 1. The summed E-state index contributed by atoms with van der Waals surface area (Å²) >= 11 is 1.17. The Morgan fingerprint density at radius 1 is 1.14 bits per heavy atom. The zero-order valence-electron chi connectivity index (χ0n) is 19.2. The second kappa shape index (κ2) is 9.23. The maximum absolute atomic E-state index is 13.6. The lowest BCUT2D eigenvalue weighted by molar-refractivity contribution is -0.384. The Labute approximate surface area is 208 Å². The molecule has 5 rings (SSSR count). The first-order valence-electron chi connectivity index (χ1n) is 10.9. The molecule has 1 aliphatic rings. The molecule has 36 heavy (non-hydrogen) atoms. The summed E-state index contributed by atoms with van der Waals surface area (Å²) < 4.78 is 12.7. The average Bonchev–Trinajstić information content (AvgIpc) is 3.47. The minimum absolute atomic E-state index is 0.0774. The lowest BCUT2D eigenvalue weighted by atomic mass is 9.96. The van der Waals surface area contributed by atoms with E-state index in [9.17, 15) is 19.7 Å². The third-order valence-corrected chi connectivity index (χ3v) is 6.79. The highest BCUT2D eigenvalue weighted by molar-refractivity contribution is 7.07. The smallest absolute Gasteiger partial charge is 0.338 e. The number of ether oxygens (including phenoxy) is 1. The molecule has 9 nitrogen and oxygen atoms in total. The fourth-order valence-corrected chi connectivity index (χ4v) is 5.22. The molecule has 0 amide bonds. The number of carbonyl (C=O) groups is 1. The monoisotopic (exact) mass is 501 g/mol. The summed E-state index contributed by atoms with van der Waals surface area (Å²) in [5, 5.41) is 11.4. The molecule has 0 saturated carbocycles. The van der Waals surface area contributed by atoms with Crippen LogP contribution in [0.15, 0.2) is 92.2 Å². The highest BCUT2D eigenvalue weighted by Gasteiger charge is 2.33. The molecule has 1 unspecified atom stereocenters. The van der Waals surface area contributed by atoms with Gasteiger partial charge in [0.25, 0.3) is 11.2 Å². The summed E-state index contributed by atoms with van der Waals surface area (Å²) in [6.07, 6.45) is 1.57. The van der Waals surface area contributed by atoms with Crippen LogP contribution in [0.3, 0.4) is 0 Å². The van der Waals surface area contributed by atoms with Crippen molar-refractivity contribution < 1.29 is 18.9 Å². The van der Waals surface area contributed by atoms with Crippen molar-refractivity contribution in [1.29, 1.82) is 0 Å². The summed E-state index contributed by atoms with van der Waals surface area (Å²) in [4.78, 5) is 42.1. The number of allylic oxidation sites excluding steroid dienone is 1. The van der Waals surface area contributed by atoms with Gasteiger partial charge in [-0.05, 0) is 30.7 Å². The molecule has 1 aliphatic heterocycles. The summed E-state index contributed by atoms with van der Waals surface area (Å²) in [6.45, 7) is 1.71. The SMILES string of the molecule is COC(=O)C1=C(C)N=c2sc(=Cc3ccc(-c4ccccc4[N+](=O)[O-])o3)c(=O)n2C1c1ccccc1. The van der Waals surface area contributed by atoms with Crippen molar-refractivity contribution >= 4 is 29.1 Å². The van der Waals surface area contributed by atoms with Gasteiger partial charge in [0.15, 0.2) is 4.80 Å². The highest BCUT2D eigenvalue weighted by atomic mass is 32.1. The van der Waals surface area contributed by atoms with Crippen molar-refractivity contribution in [1.82, 2.24) is 4.57 Å². The Hall–Kier alpha value is -4.57. The molecule has 10 heteroatoms. The van der Waals surface area contributed by atoms with Crippen LogP contribution in [0.1, 0.15) is 24.3 Å². The van der Waals surface area contributed by atoms with E-state index in [1.807, 2.05) is 30.3 Å². The highest BCUT2D eigenvalue weighted by Crippen LogP contribution is 2.32. The van der Waals surface area contributed by atoms with Crippen LogP contribution in [0.2, 0.25) is 0 Å². The second-order valence-electron chi connectivity index (χ2n) is 7.96. The molecule has 2 aromatic heterocycles. The number of para-hydroxylation sites is 1. The Morgan fingerprint density at radius 2 is 1.86 bits per heavy atom. The first-order valence-corrected chi connectivity index (χ1v) is 11.7. The van der Waals surface area contributed by atoms with Crippen molar-refractivity contribution in [2.45, 2.75) is 13.0 Å². The first kappa shape index (κ1) is 23.2. The number of methoxy groups -OCH3 is 1. The molecule has 0 bridgehead atoms. The number of benzene rings is 2. The summed E-state index contributed by atoms with van der Waals surface area (Å²) in [7, 11) is 1.29. The number of nitro groups is 1. The van der Waals surface area contributed by atoms with Gasteiger partial charge in [-0.2, -0.15) is 0 Å². The number of hydrogen-bond donors (Lipinski definition) is 0. The molecule has 2 aromatic carbocycles. The number of aromatic nitrogens is 1. The van der Waals surface area contributed by atoms with Crippen LogP contribution < -0.4 is 14.9 Å². The van der Waals surface area contributed by atoms with Crippen LogP contribution >= 0.6 is 11.3 Å². The third kappa shape index (κ3) is 3.97. The first-order chi connectivity index (χ1) is 17.4. The molecule has 0 aliphatic carbocycles. The fourth-order valence-electron chi connectivity index (χ4n) is 4.19. The Balaban J connectivity index is 1.64. The van der Waals surface area contributed by atoms with Gasteiger partial charge in [-0.1, -0.05) is 53.8 Å². The molecule has 4 aromatic rings. The van der Waals surface area contributed by atoms with Crippen LogP contribution in [0, 0.1) is 10.1 Å². The summed E-state index contributed by atoms with van der Waals surface area (Å²) in [5.41, 5.74) is 1.43. The van der Waals surface area contributed by atoms with Crippen LogP contribution in [0.5, 0.6) is 0 Å². The van der Waals surface area contributed by atoms with E-state index < -0.39 is 16.9 Å². The molecule has 180 valence electrons. The van der Waals surface area contributed by atoms with Gasteiger partial charge in [-0.3, -0.25) is 19.5 Å². The molecule has 0 radical (unpaired) electrons. The van der Waals surface area contributed by atoms with Gasteiger partial charge in [0, 0.05) is 12.1 Å². The zero-order chi connectivity index (χ0) is 25.4. The average molecular weight is 502 g/mol. The van der Waals surface area contributed by atoms with E-state index in [4.69, 9.17) is 9.15 Å². The fraction of sp³-hybridized carbons (Fsp3) is 0.115. The topological polar surface area (TPSA) is 117 Å². The van der Waals surface area contributed by atoms with Crippen molar-refractivity contribution in [3.8, 4) is 11.3 Å². The van der Waals surface area contributed by atoms with E-state index in [2.05, 4.69) is 4.99 Å². The predicted molar refractivity (Wildman–Crippen MR) is 133 cm³/mol. The number of hydrogen-bond acceptors (Lipinski definition) is 8. The third-order valence-electron chi connectivity index (χ3n) is 5.81. The number of thiazole rings is 1. The molecular formula is C26H19N3O6S. The van der Waals surface area contributed by atoms with E-state index >= 15 is 0 Å². The van der Waals surface area contributed by atoms with Gasteiger partial charge in [-0.15, -0.1) is 0 Å². The van der Waals surface area contributed by atoms with Crippen molar-refractivity contribution in [2.24, 2.45) is 4.99 Å². The van der Waals surface area contributed by atoms with Gasteiger partial charge in [-0.25, -0.2) is 9.79 Å². The van der Waals surface area contributed by atoms with Crippen LogP contribution in [0.25, 0.3) is 17.4 Å². The van der Waals surface area contributed by atoms with Crippen LogP contribution in [-0.2, 0) is 9.53 Å². The lowest BCUT2D eigenvalue weighted by Gasteiger charge is -2.24. The molecule has 0 saturated heterocycles. The van der Waals surface area contributed by atoms with Crippen molar-refractivity contribution in [2.75, 3.05) is 7.11 Å². The van der Waals surface area contributed by atoms with Gasteiger partial charge in [0.05, 0.1) is 39.4 Å². The van der Waals surface area contributed by atoms with Crippen LogP contribution in [-0.4, -0.2) is 22.6 Å². The quantitative estimate of drug-likeness (QED) is 0.234. The number of nitro benzene ring substituents is 1. The molecule has 1 atom stereocenters. The van der Waals surface area contributed by atoms with Gasteiger partial charge < -0.3 is 9.15 Å². The standard InChI is InChI=1S/C26H19N3O6S/c1-15-22(25(31)34-2)23(16-8-4-3-5-9-16)28-24(30)21(36-26(28)27-15)14-17-12-13-20(35-17)18-10-6-7-11-19(18)29(32)33/h3-14,23H,1-2H3. The summed E-state index contributed by atoms with van der Waals surface area (Å²) in [5.74, 6) is 0.111. The molecule has 0 spiro atoms. The molecular weight excluding hydrogens is 482 g/mol. The van der Waals surface area contributed by atoms with E-state index in [0.29, 0.717) is 37.7 Å². The van der Waals surface area contributed by atoms with Gasteiger partial charge in [0.1, 0.15) is 11.5 Å². The maximum atomic E-state index is 13.6. The van der Waals surface area contributed by atoms with Gasteiger partial charge in [0.2, 0.25) is 0 Å². The number of fused-ring (bicyclic) bond motifs is 1. The predicted octanol–water partition coefficient (Wildman–Crippen LogP) is 3.58. The zero-order valence-corrected chi connectivity index (χ0v) is 20.0. The van der Waals surface area contributed by atoms with Crippen molar-refractivity contribution in [3.63, 3.8) is 0 Å². The molecule has 3 heterocycles. The minimum atomic E-state index is -0.698. The Kier molecular flexibility index (Phi) is 5.95. The number of rotatable bonds is 5. The minimum Gasteiger partial charge on any atom is -0.466 e. The Morgan fingerprint density at radius 3 is 2.58 bits per heavy atom. The van der Waals surface area contributed by atoms with Crippen molar-refractivity contribution in [3.05, 3.63) is 119 Å². The number of nitrogens with zero attached hydrogens (tertiary/aromatic N) is 3. The molecule has 0 fully saturated rings. The maximum Gasteiger partial charge on any atom is 0.338 e. The van der Waals surface area contributed by atoms with Crippen LogP contribution in [0.4, 0.5) is 5.69 Å². The lowest BCUT2D eigenvalue weighted by Crippen LogP contribution is -2.39. The van der Waals surface area contributed by atoms with E-state index in [1.54, 1.807) is 43.3 Å². The second-order valence-corrected chi connectivity index (χ2v) is 8.97. The number of carbonyl (C=O) groups excluding carboxylic acids is 1. The van der Waals surface area contributed by atoms with Gasteiger partial charge >= 0.3 is 5.97 Å². The molecule has 0 N–H and O–H groups in total. The Bertz CT molecular complexity index is 1710. The largest absolute Gasteiger partial charge is 0.466 e. The van der Waals surface area contributed by atoms with E-state index in [-0.39, 0.29) is 11.2 Å². The van der Waals surface area contributed by atoms with E-state index in [0.717, 1.165) is 5.56 Å². The summed E-state index contributed by atoms with van der Waals surface area (Å²) in [6, 6.07) is 18.1.